The highest BCUT2D eigenvalue weighted by molar-refractivity contribution is 5.98. The Morgan fingerprint density at radius 3 is 2.33 bits per heavy atom. The number of alkyl halides is 3. The minimum atomic E-state index is -4.25. The van der Waals surface area contributed by atoms with Gasteiger partial charge in [0.2, 0.25) is 10.5 Å². The number of unbranched alkanes of at least 4 members (excludes halogenated alkanes) is 3. The van der Waals surface area contributed by atoms with Crippen molar-refractivity contribution in [3.05, 3.63) is 35.4 Å². The fourth-order valence-corrected chi connectivity index (χ4v) is 2.29. The van der Waals surface area contributed by atoms with Gasteiger partial charge in [-0.15, -0.1) is 0 Å². The normalized spacial score (nSPS) is 12.7. The fourth-order valence-electron chi connectivity index (χ4n) is 2.19. The summed E-state index contributed by atoms with van der Waals surface area (Å²) >= 11 is 0. The van der Waals surface area contributed by atoms with E-state index in [1.54, 1.807) is 6.07 Å². The summed E-state index contributed by atoms with van der Waals surface area (Å²) in [6, 6.07) is 5.61. The van der Waals surface area contributed by atoms with E-state index in [2.05, 4.69) is 10.5 Å². The zero-order chi connectivity index (χ0) is 15.9. The molecular weight excluding hydrogens is 293 g/mol. The first kappa shape index (κ1) is 18.2. The number of aryl methyl sites for hydroxylation is 1. The maximum absolute atomic E-state index is 12.6. The Balaban J connectivity index is 2.28. The van der Waals surface area contributed by atoms with Crippen LogP contribution < -0.4 is 0 Å². The topological polar surface area (TPSA) is 9.23 Å². The van der Waals surface area contributed by atoms with Gasteiger partial charge in [0, 0.05) is 5.60 Å². The summed E-state index contributed by atoms with van der Waals surface area (Å²) in [5.74, 6) is 0. The van der Waals surface area contributed by atoms with E-state index >= 15 is 0 Å². The lowest BCUT2D eigenvalue weighted by atomic mass is 9.99. The summed E-state index contributed by atoms with van der Waals surface area (Å²) in [5.41, 5.74) is 0.0300. The summed E-state index contributed by atoms with van der Waals surface area (Å²) in [7, 11) is 3.06. The highest BCUT2D eigenvalue weighted by Crippen LogP contribution is 2.29. The average molecular weight is 315 g/mol. The predicted molar refractivity (Wildman–Crippen MR) is 79.2 cm³/mol. The summed E-state index contributed by atoms with van der Waals surface area (Å²) in [5, 5.41) is 0. The van der Waals surface area contributed by atoms with Gasteiger partial charge in [-0.1, -0.05) is 37.5 Å². The van der Waals surface area contributed by atoms with Gasteiger partial charge >= 0.3 is 6.18 Å². The monoisotopic (exact) mass is 315 g/mol. The maximum Gasteiger partial charge on any atom is 0.416 e. The molecule has 0 bridgehead atoms. The van der Waals surface area contributed by atoms with E-state index in [9.17, 15) is 13.2 Å². The van der Waals surface area contributed by atoms with Crippen LogP contribution >= 0.6 is 0 Å². The summed E-state index contributed by atoms with van der Waals surface area (Å²) in [6.07, 6.45) is 1.46. The molecule has 0 saturated heterocycles. The summed E-state index contributed by atoms with van der Waals surface area (Å²) < 4.78 is 42.9. The molecule has 117 valence electrons. The standard InChI is InChI=1S/C16H22F3OSi/c1-15(2,20-21)11-6-4-3-5-8-13-9-7-10-14(12-13)16(17,18)19/h7,9-10,12H,3-6,8,11H2,1-2H3. The molecule has 0 spiro atoms. The second kappa shape index (κ2) is 7.99. The minimum Gasteiger partial charge on any atom is -0.414 e. The van der Waals surface area contributed by atoms with Crippen LogP contribution in [0.2, 0.25) is 0 Å². The Bertz CT molecular complexity index is 430. The number of hydrogen-bond acceptors (Lipinski definition) is 1. The summed E-state index contributed by atoms with van der Waals surface area (Å²) in [4.78, 5) is 0. The van der Waals surface area contributed by atoms with Gasteiger partial charge in [0.1, 0.15) is 0 Å². The largest absolute Gasteiger partial charge is 0.416 e. The second-order valence-electron chi connectivity index (χ2n) is 5.97. The quantitative estimate of drug-likeness (QED) is 0.480. The van der Waals surface area contributed by atoms with Crippen LogP contribution in [-0.2, 0) is 17.0 Å². The molecule has 1 aromatic carbocycles. The number of benzene rings is 1. The molecule has 0 unspecified atom stereocenters. The van der Waals surface area contributed by atoms with Gasteiger partial charge in [0.05, 0.1) is 5.56 Å². The van der Waals surface area contributed by atoms with Crippen LogP contribution in [0.1, 0.15) is 57.1 Å². The molecule has 0 aliphatic carbocycles. The van der Waals surface area contributed by atoms with Crippen molar-refractivity contribution in [2.24, 2.45) is 0 Å². The van der Waals surface area contributed by atoms with E-state index in [-0.39, 0.29) is 5.60 Å². The molecule has 0 atom stereocenters. The first-order valence-corrected chi connectivity index (χ1v) is 7.66. The van der Waals surface area contributed by atoms with Crippen molar-refractivity contribution >= 4 is 10.5 Å². The van der Waals surface area contributed by atoms with Crippen LogP contribution in [0.4, 0.5) is 13.2 Å². The third-order valence-corrected chi connectivity index (χ3v) is 4.08. The number of hydrogen-bond donors (Lipinski definition) is 0. The van der Waals surface area contributed by atoms with Gasteiger partial charge < -0.3 is 4.43 Å². The maximum atomic E-state index is 12.6. The molecule has 0 amide bonds. The highest BCUT2D eigenvalue weighted by atomic mass is 28.2. The van der Waals surface area contributed by atoms with E-state index in [0.29, 0.717) is 6.42 Å². The highest BCUT2D eigenvalue weighted by Gasteiger charge is 2.30. The van der Waals surface area contributed by atoms with Crippen molar-refractivity contribution in [2.45, 2.75) is 64.1 Å². The molecule has 1 aromatic rings. The third-order valence-electron chi connectivity index (χ3n) is 3.52. The van der Waals surface area contributed by atoms with Crippen LogP contribution in [0.5, 0.6) is 0 Å². The van der Waals surface area contributed by atoms with Crippen molar-refractivity contribution in [1.29, 1.82) is 0 Å². The van der Waals surface area contributed by atoms with Gasteiger partial charge in [0.25, 0.3) is 0 Å². The first-order valence-electron chi connectivity index (χ1n) is 7.25. The Hall–Kier alpha value is -0.813. The molecule has 0 aliphatic rings. The summed E-state index contributed by atoms with van der Waals surface area (Å²) in [6.45, 7) is 4.03. The van der Waals surface area contributed by atoms with Crippen LogP contribution in [0, 0.1) is 0 Å². The molecule has 0 N–H and O–H groups in total. The van der Waals surface area contributed by atoms with E-state index in [4.69, 9.17) is 4.43 Å². The van der Waals surface area contributed by atoms with Crippen LogP contribution in [-0.4, -0.2) is 16.1 Å². The van der Waals surface area contributed by atoms with Crippen LogP contribution in [0.3, 0.4) is 0 Å². The number of halogens is 3. The van der Waals surface area contributed by atoms with E-state index in [1.165, 1.54) is 12.1 Å². The Morgan fingerprint density at radius 1 is 1.05 bits per heavy atom. The molecule has 21 heavy (non-hydrogen) atoms. The Kier molecular flexibility index (Phi) is 6.94. The predicted octanol–water partition coefficient (Wildman–Crippen LogP) is 5.08. The molecule has 1 nitrogen and oxygen atoms in total. The van der Waals surface area contributed by atoms with E-state index < -0.39 is 11.7 Å². The van der Waals surface area contributed by atoms with Crippen LogP contribution in [0.15, 0.2) is 24.3 Å². The van der Waals surface area contributed by atoms with E-state index in [0.717, 1.165) is 43.7 Å². The van der Waals surface area contributed by atoms with Gasteiger partial charge in [0.15, 0.2) is 0 Å². The Labute approximate surface area is 128 Å². The van der Waals surface area contributed by atoms with Gasteiger partial charge in [-0.2, -0.15) is 13.2 Å². The molecule has 1 rings (SSSR count). The molecule has 0 aromatic heterocycles. The molecule has 5 heteroatoms. The molecule has 0 heterocycles. The lowest BCUT2D eigenvalue weighted by Gasteiger charge is -2.22. The van der Waals surface area contributed by atoms with Crippen LogP contribution in [0.25, 0.3) is 0 Å². The minimum absolute atomic E-state index is 0.169. The van der Waals surface area contributed by atoms with E-state index in [1.807, 2.05) is 13.8 Å². The average Bonchev–Trinajstić information content (AvgIpc) is 2.42. The fraction of sp³-hybridized carbons (Fsp3) is 0.625. The zero-order valence-corrected chi connectivity index (χ0v) is 13.6. The second-order valence-corrected chi connectivity index (χ2v) is 6.18. The smallest absolute Gasteiger partial charge is 0.414 e. The lowest BCUT2D eigenvalue weighted by molar-refractivity contribution is -0.137. The Morgan fingerprint density at radius 2 is 1.71 bits per heavy atom. The zero-order valence-electron chi connectivity index (χ0n) is 12.6. The SMILES string of the molecule is CC(C)(CCCCCCc1cccc(C(F)(F)F)c1)O[Si]. The first-order chi connectivity index (χ1) is 9.74. The van der Waals surface area contributed by atoms with Crippen molar-refractivity contribution in [3.8, 4) is 0 Å². The van der Waals surface area contributed by atoms with Crippen molar-refractivity contribution in [2.75, 3.05) is 0 Å². The van der Waals surface area contributed by atoms with Crippen molar-refractivity contribution < 1.29 is 17.6 Å². The van der Waals surface area contributed by atoms with Gasteiger partial charge in [-0.25, -0.2) is 0 Å². The lowest BCUT2D eigenvalue weighted by Crippen LogP contribution is -2.22. The van der Waals surface area contributed by atoms with Crippen molar-refractivity contribution in [3.63, 3.8) is 0 Å². The van der Waals surface area contributed by atoms with Crippen molar-refractivity contribution in [1.82, 2.24) is 0 Å². The number of rotatable bonds is 8. The van der Waals surface area contributed by atoms with Gasteiger partial charge in [-0.05, 0) is 44.7 Å². The third kappa shape index (κ3) is 7.13. The molecule has 0 aliphatic heterocycles. The molecule has 0 fully saturated rings. The molecule has 0 saturated carbocycles. The van der Waals surface area contributed by atoms with Gasteiger partial charge in [-0.3, -0.25) is 0 Å². The molecule has 3 radical (unpaired) electrons. The molecular formula is C16H22F3OSi.